The number of benzene rings is 1. The van der Waals surface area contributed by atoms with Crippen molar-refractivity contribution in [3.63, 3.8) is 0 Å². The number of halogens is 1. The Labute approximate surface area is 132 Å². The third-order valence-electron chi connectivity index (χ3n) is 3.79. The number of hydrogen-bond donors (Lipinski definition) is 1. The van der Waals surface area contributed by atoms with Crippen LogP contribution in [-0.4, -0.2) is 36.5 Å². The Morgan fingerprint density at radius 3 is 2.62 bits per heavy atom. The maximum absolute atomic E-state index is 12.5. The molecule has 1 heterocycles. The van der Waals surface area contributed by atoms with Gasteiger partial charge < -0.3 is 10.2 Å². The third-order valence-corrected chi connectivity index (χ3v) is 4.04. The molecule has 3 nitrogen and oxygen atoms in total. The van der Waals surface area contributed by atoms with Crippen LogP contribution < -0.4 is 5.32 Å². The smallest absolute Gasteiger partial charge is 0.246 e. The Balaban J connectivity index is 2.01. The minimum atomic E-state index is 0.110. The second-order valence-corrected chi connectivity index (χ2v) is 5.83. The summed E-state index contributed by atoms with van der Waals surface area (Å²) in [5.41, 5.74) is 0.995. The fourth-order valence-corrected chi connectivity index (χ4v) is 2.80. The number of nitrogens with one attached hydrogen (secondary N) is 1. The van der Waals surface area contributed by atoms with Gasteiger partial charge in [0.05, 0.1) is 0 Å². The molecule has 0 unspecified atom stereocenters. The number of piperidine rings is 1. The lowest BCUT2D eigenvalue weighted by molar-refractivity contribution is -0.128. The number of rotatable bonds is 5. The molecule has 2 rings (SSSR count). The van der Waals surface area contributed by atoms with Gasteiger partial charge in [-0.05, 0) is 56.1 Å². The van der Waals surface area contributed by atoms with Crippen molar-refractivity contribution < 1.29 is 4.79 Å². The first-order valence-electron chi connectivity index (χ1n) is 7.65. The summed E-state index contributed by atoms with van der Waals surface area (Å²) in [4.78, 5) is 14.5. The van der Waals surface area contributed by atoms with Gasteiger partial charge in [0, 0.05) is 23.7 Å². The van der Waals surface area contributed by atoms with E-state index < -0.39 is 0 Å². The summed E-state index contributed by atoms with van der Waals surface area (Å²) >= 11 is 5.86. The van der Waals surface area contributed by atoms with Crippen LogP contribution in [0.3, 0.4) is 0 Å². The topological polar surface area (TPSA) is 32.3 Å². The van der Waals surface area contributed by atoms with Crippen LogP contribution in [-0.2, 0) is 4.79 Å². The van der Waals surface area contributed by atoms with E-state index in [2.05, 4.69) is 12.2 Å². The molecule has 0 aliphatic carbocycles. The SMILES string of the molecule is CCCN(C(=O)/C=C/c1ccc(Cl)cc1)C1CCNCC1. The van der Waals surface area contributed by atoms with Gasteiger partial charge in [-0.2, -0.15) is 0 Å². The lowest BCUT2D eigenvalue weighted by atomic mass is 10.0. The normalized spacial score (nSPS) is 16.3. The quantitative estimate of drug-likeness (QED) is 0.846. The molecule has 1 aliphatic rings. The van der Waals surface area contributed by atoms with Crippen LogP contribution in [0.4, 0.5) is 0 Å². The summed E-state index contributed by atoms with van der Waals surface area (Å²) in [7, 11) is 0. The van der Waals surface area contributed by atoms with Gasteiger partial charge in [0.1, 0.15) is 0 Å². The zero-order chi connectivity index (χ0) is 15.1. The molecule has 1 amide bonds. The number of carbonyl (C=O) groups is 1. The highest BCUT2D eigenvalue weighted by atomic mass is 35.5. The van der Waals surface area contributed by atoms with E-state index >= 15 is 0 Å². The van der Waals surface area contributed by atoms with Crippen molar-refractivity contribution in [3.8, 4) is 0 Å². The molecule has 0 spiro atoms. The first-order valence-corrected chi connectivity index (χ1v) is 8.03. The fourth-order valence-electron chi connectivity index (χ4n) is 2.67. The Morgan fingerprint density at radius 2 is 2.00 bits per heavy atom. The van der Waals surface area contributed by atoms with Crippen molar-refractivity contribution in [2.45, 2.75) is 32.2 Å². The van der Waals surface area contributed by atoms with E-state index in [0.29, 0.717) is 11.1 Å². The van der Waals surface area contributed by atoms with E-state index in [0.717, 1.165) is 44.5 Å². The number of hydrogen-bond acceptors (Lipinski definition) is 2. The van der Waals surface area contributed by atoms with E-state index in [1.54, 1.807) is 6.08 Å². The number of nitrogens with zero attached hydrogens (tertiary/aromatic N) is 1. The maximum Gasteiger partial charge on any atom is 0.246 e. The maximum atomic E-state index is 12.5. The van der Waals surface area contributed by atoms with Crippen LogP contribution in [0.15, 0.2) is 30.3 Å². The van der Waals surface area contributed by atoms with Gasteiger partial charge in [-0.3, -0.25) is 4.79 Å². The second-order valence-electron chi connectivity index (χ2n) is 5.40. The average molecular weight is 307 g/mol. The average Bonchev–Trinajstić information content (AvgIpc) is 2.52. The predicted molar refractivity (Wildman–Crippen MR) is 88.4 cm³/mol. The van der Waals surface area contributed by atoms with Gasteiger partial charge >= 0.3 is 0 Å². The molecule has 1 saturated heterocycles. The lowest BCUT2D eigenvalue weighted by Gasteiger charge is -2.34. The highest BCUT2D eigenvalue weighted by Gasteiger charge is 2.22. The van der Waals surface area contributed by atoms with Crippen LogP contribution in [0.1, 0.15) is 31.7 Å². The minimum Gasteiger partial charge on any atom is -0.336 e. The number of amides is 1. The molecule has 0 aromatic heterocycles. The van der Waals surface area contributed by atoms with Crippen molar-refractivity contribution >= 4 is 23.6 Å². The summed E-state index contributed by atoms with van der Waals surface area (Å²) < 4.78 is 0. The first-order chi connectivity index (χ1) is 10.2. The summed E-state index contributed by atoms with van der Waals surface area (Å²) in [6, 6.07) is 7.88. The van der Waals surface area contributed by atoms with Gasteiger partial charge in [0.15, 0.2) is 0 Å². The van der Waals surface area contributed by atoms with Crippen LogP contribution in [0.5, 0.6) is 0 Å². The fraction of sp³-hybridized carbons (Fsp3) is 0.471. The largest absolute Gasteiger partial charge is 0.336 e. The predicted octanol–water partition coefficient (Wildman–Crippen LogP) is 3.34. The molecule has 1 aromatic rings. The molecule has 0 atom stereocenters. The Bertz CT molecular complexity index is 478. The van der Waals surface area contributed by atoms with E-state index in [9.17, 15) is 4.79 Å². The third kappa shape index (κ3) is 4.87. The van der Waals surface area contributed by atoms with E-state index in [1.165, 1.54) is 0 Å². The molecule has 114 valence electrons. The van der Waals surface area contributed by atoms with Crippen molar-refractivity contribution in [3.05, 3.63) is 40.9 Å². The molecule has 1 fully saturated rings. The molecule has 0 saturated carbocycles. The zero-order valence-corrected chi connectivity index (χ0v) is 13.3. The molecule has 21 heavy (non-hydrogen) atoms. The first kappa shape index (κ1) is 16.1. The van der Waals surface area contributed by atoms with Crippen molar-refractivity contribution in [1.29, 1.82) is 0 Å². The van der Waals surface area contributed by atoms with E-state index in [1.807, 2.05) is 35.2 Å². The zero-order valence-electron chi connectivity index (χ0n) is 12.5. The molecule has 4 heteroatoms. The van der Waals surface area contributed by atoms with Crippen LogP contribution in [0.2, 0.25) is 5.02 Å². The minimum absolute atomic E-state index is 0.110. The molecule has 0 bridgehead atoms. The van der Waals surface area contributed by atoms with Gasteiger partial charge in [0.25, 0.3) is 0 Å². The van der Waals surface area contributed by atoms with Crippen molar-refractivity contribution in [2.75, 3.05) is 19.6 Å². The molecule has 0 radical (unpaired) electrons. The summed E-state index contributed by atoms with van der Waals surface area (Å²) in [5, 5.41) is 4.05. The highest BCUT2D eigenvalue weighted by Crippen LogP contribution is 2.15. The lowest BCUT2D eigenvalue weighted by Crippen LogP contribution is -2.45. The van der Waals surface area contributed by atoms with E-state index in [-0.39, 0.29) is 5.91 Å². The Hall–Kier alpha value is -1.32. The monoisotopic (exact) mass is 306 g/mol. The summed E-state index contributed by atoms with van der Waals surface area (Å²) in [5.74, 6) is 0.110. The van der Waals surface area contributed by atoms with Gasteiger partial charge in [-0.1, -0.05) is 30.7 Å². The molecule has 1 N–H and O–H groups in total. The molecular weight excluding hydrogens is 284 g/mol. The van der Waals surface area contributed by atoms with Gasteiger partial charge in [-0.25, -0.2) is 0 Å². The Kier molecular flexibility index (Phi) is 6.27. The van der Waals surface area contributed by atoms with Crippen LogP contribution in [0.25, 0.3) is 6.08 Å². The highest BCUT2D eigenvalue weighted by molar-refractivity contribution is 6.30. The van der Waals surface area contributed by atoms with Crippen molar-refractivity contribution in [1.82, 2.24) is 10.2 Å². The van der Waals surface area contributed by atoms with Gasteiger partial charge in [0.2, 0.25) is 5.91 Å². The molecule has 1 aromatic carbocycles. The molecular formula is C17H23ClN2O. The van der Waals surface area contributed by atoms with Gasteiger partial charge in [-0.15, -0.1) is 0 Å². The standard InChI is InChI=1S/C17H23ClN2O/c1-2-13-20(16-9-11-19-12-10-16)17(21)8-5-14-3-6-15(18)7-4-14/h3-8,16,19H,2,9-13H2,1H3/b8-5+. The van der Waals surface area contributed by atoms with Crippen LogP contribution in [0, 0.1) is 0 Å². The van der Waals surface area contributed by atoms with E-state index in [4.69, 9.17) is 11.6 Å². The summed E-state index contributed by atoms with van der Waals surface area (Å²) in [6.07, 6.45) is 6.62. The number of carbonyl (C=O) groups excluding carboxylic acids is 1. The Morgan fingerprint density at radius 1 is 1.33 bits per heavy atom. The second kappa shape index (κ2) is 8.20. The summed E-state index contributed by atoms with van der Waals surface area (Å²) in [6.45, 7) is 4.94. The molecule has 1 aliphatic heterocycles. The van der Waals surface area contributed by atoms with Crippen LogP contribution >= 0.6 is 11.6 Å². The van der Waals surface area contributed by atoms with Crippen molar-refractivity contribution in [2.24, 2.45) is 0 Å².